The zero-order valence-electron chi connectivity index (χ0n) is 14.5. The van der Waals surface area contributed by atoms with Crippen molar-refractivity contribution in [2.45, 2.75) is 18.8 Å². The lowest BCUT2D eigenvalue weighted by Gasteiger charge is -2.17. The number of anilines is 1. The van der Waals surface area contributed by atoms with Crippen LogP contribution in [0.3, 0.4) is 0 Å². The molecule has 3 rings (SSSR count). The first-order valence-corrected chi connectivity index (χ1v) is 10.6. The van der Waals surface area contributed by atoms with E-state index in [1.165, 1.54) is 6.07 Å². The largest absolute Gasteiger partial charge is 0.396 e. The molecule has 3 aromatic rings. The second kappa shape index (κ2) is 7.84. The van der Waals surface area contributed by atoms with E-state index in [2.05, 4.69) is 14.9 Å². The lowest BCUT2D eigenvalue weighted by molar-refractivity contribution is 0.281. The van der Waals surface area contributed by atoms with Crippen LogP contribution in [0.2, 0.25) is 5.02 Å². The van der Waals surface area contributed by atoms with E-state index in [0.717, 1.165) is 6.26 Å². The standard InChI is InChI=1S/C18H19ClFN3O3S/c1-27(25,26)23-16-6-2-4-14-17(21-22-18(14)16)13(5-3-9-24)12-8-7-11(19)10-15(12)20/h2,4,6-8,10,13,23-24H,3,5,9H2,1H3,(H,21,22). The summed E-state index contributed by atoms with van der Waals surface area (Å²) in [4.78, 5) is 0. The fourth-order valence-corrected chi connectivity index (χ4v) is 3.86. The SMILES string of the molecule is CS(=O)(=O)Nc1cccc2c(C(CCCO)c3ccc(Cl)cc3F)[nH]nc12. The van der Waals surface area contributed by atoms with E-state index in [4.69, 9.17) is 11.6 Å². The molecule has 0 aliphatic rings. The van der Waals surface area contributed by atoms with Crippen molar-refractivity contribution < 1.29 is 17.9 Å². The number of nitrogens with zero attached hydrogens (tertiary/aromatic N) is 1. The van der Waals surface area contributed by atoms with E-state index in [0.29, 0.717) is 45.7 Å². The topological polar surface area (TPSA) is 95.1 Å². The number of aliphatic hydroxyl groups excluding tert-OH is 1. The highest BCUT2D eigenvalue weighted by Gasteiger charge is 2.23. The number of fused-ring (bicyclic) bond motifs is 1. The Morgan fingerprint density at radius 2 is 2.11 bits per heavy atom. The molecule has 1 aromatic heterocycles. The molecule has 1 heterocycles. The van der Waals surface area contributed by atoms with E-state index in [1.807, 2.05) is 0 Å². The van der Waals surface area contributed by atoms with Crippen molar-refractivity contribution >= 4 is 38.2 Å². The van der Waals surface area contributed by atoms with Crippen LogP contribution in [0.25, 0.3) is 10.9 Å². The molecule has 0 radical (unpaired) electrons. The summed E-state index contributed by atoms with van der Waals surface area (Å²) >= 11 is 5.86. The summed E-state index contributed by atoms with van der Waals surface area (Å²) < 4.78 is 40.2. The first kappa shape index (κ1) is 19.6. The van der Waals surface area contributed by atoms with Crippen molar-refractivity contribution in [2.75, 3.05) is 17.6 Å². The molecule has 1 unspecified atom stereocenters. The van der Waals surface area contributed by atoms with Gasteiger partial charge in [0, 0.05) is 22.9 Å². The maximum absolute atomic E-state index is 14.5. The van der Waals surface area contributed by atoms with E-state index in [9.17, 15) is 17.9 Å². The van der Waals surface area contributed by atoms with Gasteiger partial charge in [0.15, 0.2) is 0 Å². The average molecular weight is 412 g/mol. The lowest BCUT2D eigenvalue weighted by atomic mass is 9.89. The van der Waals surface area contributed by atoms with E-state index < -0.39 is 21.8 Å². The zero-order chi connectivity index (χ0) is 19.6. The average Bonchev–Trinajstić information content (AvgIpc) is 3.00. The van der Waals surface area contributed by atoms with Crippen LogP contribution in [0.15, 0.2) is 36.4 Å². The smallest absolute Gasteiger partial charge is 0.229 e. The minimum absolute atomic E-state index is 0.0291. The first-order valence-electron chi connectivity index (χ1n) is 8.30. The summed E-state index contributed by atoms with van der Waals surface area (Å²) in [6.07, 6.45) is 2.01. The van der Waals surface area contributed by atoms with Crippen LogP contribution in [-0.2, 0) is 10.0 Å². The Labute approximate surface area is 161 Å². The van der Waals surface area contributed by atoms with Gasteiger partial charge in [-0.15, -0.1) is 0 Å². The van der Waals surface area contributed by atoms with Gasteiger partial charge in [-0.05, 0) is 36.6 Å². The molecule has 0 saturated carbocycles. The summed E-state index contributed by atoms with van der Waals surface area (Å²) in [6, 6.07) is 9.58. The van der Waals surface area contributed by atoms with Crippen LogP contribution in [0.5, 0.6) is 0 Å². The number of aromatic amines is 1. The highest BCUT2D eigenvalue weighted by atomic mass is 35.5. The van der Waals surface area contributed by atoms with Gasteiger partial charge in [-0.3, -0.25) is 9.82 Å². The molecule has 0 amide bonds. The van der Waals surface area contributed by atoms with Gasteiger partial charge in [0.2, 0.25) is 10.0 Å². The number of hydrogen-bond acceptors (Lipinski definition) is 4. The van der Waals surface area contributed by atoms with Gasteiger partial charge < -0.3 is 5.11 Å². The summed E-state index contributed by atoms with van der Waals surface area (Å²) in [7, 11) is -3.47. The second-order valence-corrected chi connectivity index (χ2v) is 8.48. The van der Waals surface area contributed by atoms with Crippen LogP contribution in [0, 0.1) is 5.82 Å². The summed E-state index contributed by atoms with van der Waals surface area (Å²) in [5.41, 5.74) is 1.87. The fraction of sp³-hybridized carbons (Fsp3) is 0.278. The number of aromatic nitrogens is 2. The second-order valence-electron chi connectivity index (χ2n) is 6.30. The number of benzene rings is 2. The van der Waals surface area contributed by atoms with Crippen LogP contribution in [0.4, 0.5) is 10.1 Å². The van der Waals surface area contributed by atoms with E-state index in [-0.39, 0.29) is 6.61 Å². The molecule has 2 aromatic carbocycles. The van der Waals surface area contributed by atoms with Crippen molar-refractivity contribution in [3.05, 3.63) is 58.5 Å². The van der Waals surface area contributed by atoms with Crippen molar-refractivity contribution in [3.63, 3.8) is 0 Å². The molecule has 1 atom stereocenters. The third-order valence-corrected chi connectivity index (χ3v) is 5.07. The fourth-order valence-electron chi connectivity index (χ4n) is 3.14. The molecule has 6 nitrogen and oxygen atoms in total. The van der Waals surface area contributed by atoms with Gasteiger partial charge in [-0.25, -0.2) is 12.8 Å². The van der Waals surface area contributed by atoms with Gasteiger partial charge in [-0.2, -0.15) is 5.10 Å². The minimum atomic E-state index is -3.47. The molecule has 144 valence electrons. The van der Waals surface area contributed by atoms with Gasteiger partial charge in [0.05, 0.1) is 17.6 Å². The summed E-state index contributed by atoms with van der Waals surface area (Å²) in [6.45, 7) is -0.0291. The number of sulfonamides is 1. The number of hydrogen-bond donors (Lipinski definition) is 3. The third kappa shape index (κ3) is 4.40. The molecule has 0 aliphatic heterocycles. The molecule has 0 saturated heterocycles. The number of halogens is 2. The molecule has 3 N–H and O–H groups in total. The summed E-state index contributed by atoms with van der Waals surface area (Å²) in [5.74, 6) is -0.841. The number of H-pyrrole nitrogens is 1. The highest BCUT2D eigenvalue weighted by molar-refractivity contribution is 7.92. The number of rotatable bonds is 7. The Hall–Kier alpha value is -2.16. The van der Waals surface area contributed by atoms with Crippen LogP contribution < -0.4 is 4.72 Å². The van der Waals surface area contributed by atoms with Gasteiger partial charge in [0.25, 0.3) is 0 Å². The van der Waals surface area contributed by atoms with Crippen LogP contribution in [-0.4, -0.2) is 36.6 Å². The molecule has 0 fully saturated rings. The van der Waals surface area contributed by atoms with Crippen molar-refractivity contribution in [1.29, 1.82) is 0 Å². The predicted molar refractivity (Wildman–Crippen MR) is 104 cm³/mol. The van der Waals surface area contributed by atoms with Gasteiger partial charge in [-0.1, -0.05) is 29.8 Å². The molecule has 9 heteroatoms. The maximum Gasteiger partial charge on any atom is 0.229 e. The predicted octanol–water partition coefficient (Wildman–Crippen LogP) is 3.63. The third-order valence-electron chi connectivity index (χ3n) is 4.25. The van der Waals surface area contributed by atoms with Gasteiger partial charge >= 0.3 is 0 Å². The number of para-hydroxylation sites is 1. The minimum Gasteiger partial charge on any atom is -0.396 e. The monoisotopic (exact) mass is 411 g/mol. The molecule has 0 spiro atoms. The van der Waals surface area contributed by atoms with E-state index >= 15 is 0 Å². The molecule has 0 bridgehead atoms. The first-order chi connectivity index (χ1) is 12.8. The Kier molecular flexibility index (Phi) is 5.69. The van der Waals surface area contributed by atoms with Crippen molar-refractivity contribution in [2.24, 2.45) is 0 Å². The molecule has 27 heavy (non-hydrogen) atoms. The molecular weight excluding hydrogens is 393 g/mol. The Morgan fingerprint density at radius 3 is 2.78 bits per heavy atom. The Balaban J connectivity index is 2.12. The maximum atomic E-state index is 14.5. The van der Waals surface area contributed by atoms with Crippen molar-refractivity contribution in [3.8, 4) is 0 Å². The van der Waals surface area contributed by atoms with E-state index in [1.54, 1.807) is 30.3 Å². The Bertz CT molecular complexity index is 1070. The van der Waals surface area contributed by atoms with Crippen molar-refractivity contribution in [1.82, 2.24) is 10.2 Å². The molecule has 0 aliphatic carbocycles. The van der Waals surface area contributed by atoms with Gasteiger partial charge in [0.1, 0.15) is 11.3 Å². The molecular formula is C18H19ClFN3O3S. The zero-order valence-corrected chi connectivity index (χ0v) is 16.1. The quantitative estimate of drug-likeness (QED) is 0.553. The Morgan fingerprint density at radius 1 is 1.33 bits per heavy atom. The van der Waals surface area contributed by atoms with Crippen LogP contribution >= 0.6 is 11.6 Å². The normalized spacial score (nSPS) is 13.0. The number of nitrogens with one attached hydrogen (secondary N) is 2. The van der Waals surface area contributed by atoms with Crippen LogP contribution in [0.1, 0.15) is 30.0 Å². The lowest BCUT2D eigenvalue weighted by Crippen LogP contribution is -2.09. The summed E-state index contributed by atoms with van der Waals surface area (Å²) in [5, 5.41) is 17.4. The number of aliphatic hydroxyl groups is 1. The highest BCUT2D eigenvalue weighted by Crippen LogP contribution is 2.36.